The van der Waals surface area contributed by atoms with E-state index in [0.29, 0.717) is 5.56 Å². The number of nitrogens with zero attached hydrogens (tertiary/aromatic N) is 1. The number of carboxylic acids is 1. The fraction of sp³-hybridized carbons (Fsp3) is 0.250. The Balaban J connectivity index is 3.42. The van der Waals surface area contributed by atoms with Crippen LogP contribution in [0.3, 0.4) is 0 Å². The molecule has 0 saturated carbocycles. The summed E-state index contributed by atoms with van der Waals surface area (Å²) < 4.78 is 25.2. The first kappa shape index (κ1) is 14.4. The fourth-order valence-corrected chi connectivity index (χ4v) is 2.40. The number of sulfonamides is 1. The average molecular weight is 269 g/mol. The molecule has 18 heavy (non-hydrogen) atoms. The van der Waals surface area contributed by atoms with Gasteiger partial charge in [0.15, 0.2) is 0 Å². The van der Waals surface area contributed by atoms with E-state index < -0.39 is 16.0 Å². The van der Waals surface area contributed by atoms with E-state index in [1.165, 1.54) is 33.2 Å². The van der Waals surface area contributed by atoms with Crippen LogP contribution < -0.4 is 0 Å². The van der Waals surface area contributed by atoms with Crippen LogP contribution in [0, 0.1) is 0 Å². The number of hydrogen-bond acceptors (Lipinski definition) is 3. The maximum Gasteiger partial charge on any atom is 0.331 e. The second-order valence-corrected chi connectivity index (χ2v) is 6.08. The van der Waals surface area contributed by atoms with E-state index in [4.69, 9.17) is 5.11 Å². The molecule has 0 aliphatic rings. The summed E-state index contributed by atoms with van der Waals surface area (Å²) >= 11 is 0. The minimum Gasteiger partial charge on any atom is -0.478 e. The molecule has 0 amide bonds. The summed E-state index contributed by atoms with van der Waals surface area (Å²) in [6, 6.07) is 6.29. The molecule has 1 aromatic rings. The van der Waals surface area contributed by atoms with Gasteiger partial charge in [-0.25, -0.2) is 17.5 Å². The van der Waals surface area contributed by atoms with Crippen LogP contribution >= 0.6 is 0 Å². The van der Waals surface area contributed by atoms with Gasteiger partial charge in [-0.2, -0.15) is 0 Å². The molecular formula is C12H15NO4S. The summed E-state index contributed by atoms with van der Waals surface area (Å²) in [5.74, 6) is -1.08. The normalized spacial score (nSPS) is 12.8. The van der Waals surface area contributed by atoms with E-state index in [1.54, 1.807) is 18.2 Å². The first-order chi connectivity index (χ1) is 8.26. The van der Waals surface area contributed by atoms with E-state index in [9.17, 15) is 13.2 Å². The highest BCUT2D eigenvalue weighted by molar-refractivity contribution is 7.89. The molecule has 1 rings (SSSR count). The molecule has 0 saturated heterocycles. The van der Waals surface area contributed by atoms with Crippen LogP contribution in [0.2, 0.25) is 0 Å². The summed E-state index contributed by atoms with van der Waals surface area (Å²) in [6.07, 6.45) is 1.35. The van der Waals surface area contributed by atoms with Crippen molar-refractivity contribution < 1.29 is 18.3 Å². The van der Waals surface area contributed by atoms with Crippen LogP contribution in [0.4, 0.5) is 0 Å². The van der Waals surface area contributed by atoms with Gasteiger partial charge in [0.25, 0.3) is 0 Å². The maximum absolute atomic E-state index is 12.1. The Labute approximate surface area is 106 Å². The molecular weight excluding hydrogens is 254 g/mol. The second-order valence-electron chi connectivity index (χ2n) is 3.96. The smallest absolute Gasteiger partial charge is 0.331 e. The third-order valence-electron chi connectivity index (χ3n) is 2.39. The molecule has 0 spiro atoms. The highest BCUT2D eigenvalue weighted by Gasteiger charge is 2.20. The van der Waals surface area contributed by atoms with Crippen LogP contribution in [-0.4, -0.2) is 37.9 Å². The van der Waals surface area contributed by atoms with E-state index in [2.05, 4.69) is 0 Å². The highest BCUT2D eigenvalue weighted by Crippen LogP contribution is 2.20. The zero-order valence-electron chi connectivity index (χ0n) is 10.4. The predicted molar refractivity (Wildman–Crippen MR) is 68.6 cm³/mol. The lowest BCUT2D eigenvalue weighted by molar-refractivity contribution is -0.132. The van der Waals surface area contributed by atoms with E-state index in [-0.39, 0.29) is 10.5 Å². The number of aliphatic carboxylic acids is 1. The van der Waals surface area contributed by atoms with Crippen molar-refractivity contribution in [3.63, 3.8) is 0 Å². The van der Waals surface area contributed by atoms with Crippen molar-refractivity contribution in [1.82, 2.24) is 4.31 Å². The Bertz CT molecular complexity index is 588. The van der Waals surface area contributed by atoms with Crippen LogP contribution in [-0.2, 0) is 14.8 Å². The van der Waals surface area contributed by atoms with Gasteiger partial charge in [0, 0.05) is 19.7 Å². The molecule has 0 aliphatic heterocycles. The Morgan fingerprint density at radius 1 is 1.28 bits per heavy atom. The Hall–Kier alpha value is -1.66. The molecule has 0 fully saturated rings. The van der Waals surface area contributed by atoms with Gasteiger partial charge >= 0.3 is 5.97 Å². The van der Waals surface area contributed by atoms with Gasteiger partial charge in [-0.1, -0.05) is 18.2 Å². The minimum absolute atomic E-state index is 0.0800. The van der Waals surface area contributed by atoms with Crippen LogP contribution in [0.5, 0.6) is 0 Å². The van der Waals surface area contributed by atoms with Gasteiger partial charge in [0.2, 0.25) is 10.0 Å². The number of rotatable bonds is 4. The highest BCUT2D eigenvalue weighted by atomic mass is 32.2. The van der Waals surface area contributed by atoms with Crippen LogP contribution in [0.15, 0.2) is 34.7 Å². The van der Waals surface area contributed by atoms with Crippen molar-refractivity contribution in [3.05, 3.63) is 35.4 Å². The molecule has 0 bridgehead atoms. The third-order valence-corrected chi connectivity index (χ3v) is 4.28. The standard InChI is InChI=1S/C12H15NO4S/c1-9(12(14)15)8-10-6-4-5-7-11(10)18(16,17)13(2)3/h4-8H,1-3H3,(H,14,15). The number of benzene rings is 1. The number of carbonyl (C=O) groups is 1. The van der Waals surface area contributed by atoms with Crippen molar-refractivity contribution in [2.45, 2.75) is 11.8 Å². The summed E-state index contributed by atoms with van der Waals surface area (Å²) in [5.41, 5.74) is 0.447. The van der Waals surface area contributed by atoms with Gasteiger partial charge in [0.05, 0.1) is 4.90 Å². The molecule has 5 nitrogen and oxygen atoms in total. The van der Waals surface area contributed by atoms with Crippen molar-refractivity contribution in [2.24, 2.45) is 0 Å². The van der Waals surface area contributed by atoms with Crippen molar-refractivity contribution >= 4 is 22.1 Å². The molecule has 0 atom stereocenters. The predicted octanol–water partition coefficient (Wildman–Crippen LogP) is 1.42. The lowest BCUT2D eigenvalue weighted by Gasteiger charge is -2.13. The van der Waals surface area contributed by atoms with Gasteiger partial charge in [-0.3, -0.25) is 0 Å². The summed E-state index contributed by atoms with van der Waals surface area (Å²) in [5, 5.41) is 8.82. The molecule has 0 heterocycles. The fourth-order valence-electron chi connectivity index (χ4n) is 1.33. The summed E-state index contributed by atoms with van der Waals surface area (Å²) in [6.45, 7) is 1.42. The third kappa shape index (κ3) is 2.96. The molecule has 6 heteroatoms. The molecule has 1 aromatic carbocycles. The number of carboxylic acid groups (broad SMARTS) is 1. The summed E-state index contributed by atoms with van der Waals surface area (Å²) in [4.78, 5) is 10.9. The quantitative estimate of drug-likeness (QED) is 0.839. The van der Waals surface area contributed by atoms with Crippen molar-refractivity contribution in [1.29, 1.82) is 0 Å². The second kappa shape index (κ2) is 5.32. The Morgan fingerprint density at radius 3 is 2.33 bits per heavy atom. The lowest BCUT2D eigenvalue weighted by Crippen LogP contribution is -2.23. The molecule has 0 radical (unpaired) electrons. The topological polar surface area (TPSA) is 74.7 Å². The first-order valence-corrected chi connectivity index (χ1v) is 6.64. The average Bonchev–Trinajstić information content (AvgIpc) is 2.29. The van der Waals surface area contributed by atoms with Gasteiger partial charge in [-0.05, 0) is 24.6 Å². The van der Waals surface area contributed by atoms with Crippen molar-refractivity contribution in [2.75, 3.05) is 14.1 Å². The monoisotopic (exact) mass is 269 g/mol. The largest absolute Gasteiger partial charge is 0.478 e. The molecule has 1 N–H and O–H groups in total. The molecule has 0 aromatic heterocycles. The SMILES string of the molecule is CC(=Cc1ccccc1S(=O)(=O)N(C)C)C(=O)O. The van der Waals surface area contributed by atoms with E-state index in [0.717, 1.165) is 4.31 Å². The Kier molecular flexibility index (Phi) is 4.26. The van der Waals surface area contributed by atoms with Gasteiger partial charge in [-0.15, -0.1) is 0 Å². The van der Waals surface area contributed by atoms with E-state index in [1.807, 2.05) is 0 Å². The van der Waals surface area contributed by atoms with Gasteiger partial charge < -0.3 is 5.11 Å². The van der Waals surface area contributed by atoms with Crippen molar-refractivity contribution in [3.8, 4) is 0 Å². The maximum atomic E-state index is 12.1. The molecule has 0 unspecified atom stereocenters. The van der Waals surface area contributed by atoms with Gasteiger partial charge in [0.1, 0.15) is 0 Å². The zero-order valence-corrected chi connectivity index (χ0v) is 11.2. The van der Waals surface area contributed by atoms with Crippen LogP contribution in [0.1, 0.15) is 12.5 Å². The molecule has 0 aliphatic carbocycles. The Morgan fingerprint density at radius 2 is 1.83 bits per heavy atom. The van der Waals surface area contributed by atoms with Crippen LogP contribution in [0.25, 0.3) is 6.08 Å². The van der Waals surface area contributed by atoms with E-state index >= 15 is 0 Å². The first-order valence-electron chi connectivity index (χ1n) is 5.20. The zero-order chi connectivity index (χ0) is 13.9. The number of hydrogen-bond donors (Lipinski definition) is 1. The minimum atomic E-state index is -3.58. The lowest BCUT2D eigenvalue weighted by atomic mass is 10.1. The summed E-state index contributed by atoms with van der Waals surface area (Å²) in [7, 11) is -0.722. The molecule has 98 valence electrons.